The van der Waals surface area contributed by atoms with Crippen LogP contribution in [0.15, 0.2) is 0 Å². The zero-order valence-electron chi connectivity index (χ0n) is 9.95. The van der Waals surface area contributed by atoms with Gasteiger partial charge in [0.25, 0.3) is 0 Å². The molecule has 0 radical (unpaired) electrons. The number of carbonyl (C=O) groups is 1. The minimum absolute atomic E-state index is 0.0495. The lowest BCUT2D eigenvalue weighted by Crippen LogP contribution is -2.43. The van der Waals surface area contributed by atoms with E-state index in [2.05, 4.69) is 5.32 Å². The Balaban J connectivity index is 2.34. The molecule has 1 aliphatic heterocycles. The van der Waals surface area contributed by atoms with Crippen molar-refractivity contribution in [1.82, 2.24) is 10.2 Å². The third-order valence-electron chi connectivity index (χ3n) is 2.55. The minimum atomic E-state index is -0.0495. The maximum Gasteiger partial charge on any atom is 0.239 e. The molecule has 15 heavy (non-hydrogen) atoms. The first-order valence-electron chi connectivity index (χ1n) is 5.75. The molecule has 0 aromatic carbocycles. The minimum Gasteiger partial charge on any atom is -0.377 e. The van der Waals surface area contributed by atoms with Gasteiger partial charge < -0.3 is 15.0 Å². The van der Waals surface area contributed by atoms with Crippen molar-refractivity contribution in [3.05, 3.63) is 0 Å². The van der Waals surface area contributed by atoms with Crippen LogP contribution in [0.4, 0.5) is 0 Å². The standard InChI is InChI=1S/C11H22N2O2/c1-9(2)15-8-7-13-6-4-5-12-10(3)11(13)14/h9-10,12H,4-8H2,1-3H3. The largest absolute Gasteiger partial charge is 0.377 e. The van der Waals surface area contributed by atoms with Gasteiger partial charge in [-0.25, -0.2) is 0 Å². The fraction of sp³-hybridized carbons (Fsp3) is 0.909. The van der Waals surface area contributed by atoms with Crippen LogP contribution in [-0.2, 0) is 9.53 Å². The van der Waals surface area contributed by atoms with Crippen molar-refractivity contribution < 1.29 is 9.53 Å². The molecule has 0 aromatic rings. The predicted octanol–water partition coefficient (Wildman–Crippen LogP) is 0.622. The van der Waals surface area contributed by atoms with Crippen LogP contribution in [0.1, 0.15) is 27.2 Å². The van der Waals surface area contributed by atoms with Crippen LogP contribution in [0.2, 0.25) is 0 Å². The number of ether oxygens (including phenoxy) is 1. The van der Waals surface area contributed by atoms with Crippen molar-refractivity contribution in [3.8, 4) is 0 Å². The summed E-state index contributed by atoms with van der Waals surface area (Å²) in [4.78, 5) is 13.7. The molecule has 0 aliphatic carbocycles. The molecule has 88 valence electrons. The number of hydrogen-bond acceptors (Lipinski definition) is 3. The summed E-state index contributed by atoms with van der Waals surface area (Å²) in [6.07, 6.45) is 1.26. The van der Waals surface area contributed by atoms with Gasteiger partial charge in [-0.05, 0) is 33.7 Å². The number of carbonyl (C=O) groups excluding carboxylic acids is 1. The lowest BCUT2D eigenvalue weighted by atomic mass is 10.3. The first-order valence-corrected chi connectivity index (χ1v) is 5.75. The van der Waals surface area contributed by atoms with Crippen LogP contribution in [-0.4, -0.2) is 49.2 Å². The molecule has 0 aromatic heterocycles. The molecule has 1 unspecified atom stereocenters. The number of nitrogens with one attached hydrogen (secondary N) is 1. The summed E-state index contributed by atoms with van der Waals surface area (Å²) in [5.41, 5.74) is 0. The van der Waals surface area contributed by atoms with Crippen LogP contribution in [0.25, 0.3) is 0 Å². The van der Waals surface area contributed by atoms with Crippen molar-refractivity contribution in [2.75, 3.05) is 26.2 Å². The Morgan fingerprint density at radius 3 is 3.00 bits per heavy atom. The van der Waals surface area contributed by atoms with Gasteiger partial charge in [0.2, 0.25) is 5.91 Å². The second-order valence-electron chi connectivity index (χ2n) is 4.27. The first-order chi connectivity index (χ1) is 7.11. The van der Waals surface area contributed by atoms with E-state index >= 15 is 0 Å². The van der Waals surface area contributed by atoms with Gasteiger partial charge in [-0.2, -0.15) is 0 Å². The Morgan fingerprint density at radius 2 is 2.33 bits per heavy atom. The monoisotopic (exact) mass is 214 g/mol. The van der Waals surface area contributed by atoms with Gasteiger partial charge in [0.1, 0.15) is 0 Å². The van der Waals surface area contributed by atoms with E-state index in [0.29, 0.717) is 13.2 Å². The van der Waals surface area contributed by atoms with Crippen molar-refractivity contribution in [3.63, 3.8) is 0 Å². The average molecular weight is 214 g/mol. The van der Waals surface area contributed by atoms with Crippen LogP contribution in [0, 0.1) is 0 Å². The molecule has 0 saturated carbocycles. The summed E-state index contributed by atoms with van der Waals surface area (Å²) >= 11 is 0. The molecule has 1 atom stereocenters. The zero-order chi connectivity index (χ0) is 11.3. The van der Waals surface area contributed by atoms with Gasteiger partial charge in [-0.3, -0.25) is 4.79 Å². The second kappa shape index (κ2) is 6.08. The van der Waals surface area contributed by atoms with E-state index in [-0.39, 0.29) is 18.1 Å². The molecule has 0 bridgehead atoms. The van der Waals surface area contributed by atoms with Gasteiger partial charge in [-0.1, -0.05) is 0 Å². The highest BCUT2D eigenvalue weighted by Crippen LogP contribution is 2.02. The summed E-state index contributed by atoms with van der Waals surface area (Å²) in [5, 5.41) is 3.19. The van der Waals surface area contributed by atoms with E-state index in [4.69, 9.17) is 4.74 Å². The van der Waals surface area contributed by atoms with Gasteiger partial charge in [0, 0.05) is 13.1 Å². The molecule has 1 aliphatic rings. The van der Waals surface area contributed by atoms with Crippen LogP contribution < -0.4 is 5.32 Å². The SMILES string of the molecule is CC(C)OCCN1CCCNC(C)C1=O. The Morgan fingerprint density at radius 1 is 1.60 bits per heavy atom. The fourth-order valence-electron chi connectivity index (χ4n) is 1.68. The van der Waals surface area contributed by atoms with Gasteiger partial charge in [0.15, 0.2) is 0 Å². The van der Waals surface area contributed by atoms with Crippen LogP contribution in [0.3, 0.4) is 0 Å². The molecule has 1 fully saturated rings. The van der Waals surface area contributed by atoms with E-state index in [1.54, 1.807) is 0 Å². The molecule has 0 spiro atoms. The molecular weight excluding hydrogens is 192 g/mol. The van der Waals surface area contributed by atoms with Crippen molar-refractivity contribution >= 4 is 5.91 Å². The maximum atomic E-state index is 11.8. The Bertz CT molecular complexity index is 207. The van der Waals surface area contributed by atoms with E-state index in [1.165, 1.54) is 0 Å². The number of amides is 1. The Kier molecular flexibility index (Phi) is 5.05. The smallest absolute Gasteiger partial charge is 0.239 e. The van der Waals surface area contributed by atoms with E-state index in [0.717, 1.165) is 19.5 Å². The molecular formula is C11H22N2O2. The summed E-state index contributed by atoms with van der Waals surface area (Å²) < 4.78 is 5.45. The third kappa shape index (κ3) is 4.18. The van der Waals surface area contributed by atoms with Gasteiger partial charge in [-0.15, -0.1) is 0 Å². The summed E-state index contributed by atoms with van der Waals surface area (Å²) in [6, 6.07) is -0.0495. The molecule has 4 nitrogen and oxygen atoms in total. The Labute approximate surface area is 92.0 Å². The lowest BCUT2D eigenvalue weighted by Gasteiger charge is -2.22. The highest BCUT2D eigenvalue weighted by molar-refractivity contribution is 5.81. The molecule has 1 N–H and O–H groups in total. The number of nitrogens with zero attached hydrogens (tertiary/aromatic N) is 1. The molecule has 4 heteroatoms. The highest BCUT2D eigenvalue weighted by Gasteiger charge is 2.22. The molecule has 1 rings (SSSR count). The van der Waals surface area contributed by atoms with Crippen molar-refractivity contribution in [2.24, 2.45) is 0 Å². The summed E-state index contributed by atoms with van der Waals surface area (Å²) in [5.74, 6) is 0.194. The van der Waals surface area contributed by atoms with Crippen molar-refractivity contribution in [1.29, 1.82) is 0 Å². The van der Waals surface area contributed by atoms with Crippen LogP contribution in [0.5, 0.6) is 0 Å². The topological polar surface area (TPSA) is 41.6 Å². The zero-order valence-corrected chi connectivity index (χ0v) is 9.95. The molecule has 1 amide bonds. The third-order valence-corrected chi connectivity index (χ3v) is 2.55. The fourth-order valence-corrected chi connectivity index (χ4v) is 1.68. The normalized spacial score (nSPS) is 23.3. The van der Waals surface area contributed by atoms with Crippen molar-refractivity contribution in [2.45, 2.75) is 39.3 Å². The van der Waals surface area contributed by atoms with Gasteiger partial charge in [0.05, 0.1) is 18.8 Å². The van der Waals surface area contributed by atoms with E-state index in [9.17, 15) is 4.79 Å². The number of rotatable bonds is 4. The molecule has 1 saturated heterocycles. The molecule has 1 heterocycles. The highest BCUT2D eigenvalue weighted by atomic mass is 16.5. The quantitative estimate of drug-likeness (QED) is 0.746. The Hall–Kier alpha value is -0.610. The van der Waals surface area contributed by atoms with Crippen LogP contribution >= 0.6 is 0 Å². The predicted molar refractivity (Wildman–Crippen MR) is 59.7 cm³/mol. The summed E-state index contributed by atoms with van der Waals surface area (Å²) in [7, 11) is 0. The average Bonchev–Trinajstić information content (AvgIpc) is 2.32. The van der Waals surface area contributed by atoms with Gasteiger partial charge >= 0.3 is 0 Å². The summed E-state index contributed by atoms with van der Waals surface area (Å²) in [6.45, 7) is 9.05. The van der Waals surface area contributed by atoms with E-state index < -0.39 is 0 Å². The lowest BCUT2D eigenvalue weighted by molar-refractivity contribution is -0.133. The second-order valence-corrected chi connectivity index (χ2v) is 4.27. The first kappa shape index (κ1) is 12.5. The number of hydrogen-bond donors (Lipinski definition) is 1. The maximum absolute atomic E-state index is 11.8. The van der Waals surface area contributed by atoms with E-state index in [1.807, 2.05) is 25.7 Å².